The molecule has 0 spiro atoms. The Hall–Kier alpha value is -1.62. The number of benzene rings is 1. The number of halogens is 1. The number of rotatable bonds is 6. The van der Waals surface area contributed by atoms with Gasteiger partial charge in [-0.2, -0.15) is 0 Å². The van der Waals surface area contributed by atoms with Crippen LogP contribution in [0.4, 0.5) is 4.39 Å². The van der Waals surface area contributed by atoms with Crippen LogP contribution in [0.1, 0.15) is 18.4 Å². The summed E-state index contributed by atoms with van der Waals surface area (Å²) in [6.07, 6.45) is 0.918. The molecule has 0 bridgehead atoms. The van der Waals surface area contributed by atoms with Gasteiger partial charge in [0.15, 0.2) is 11.6 Å². The first kappa shape index (κ1) is 14.4. The van der Waals surface area contributed by atoms with Gasteiger partial charge >= 0.3 is 0 Å². The molecular formula is C13H18FNO3. The first-order valence-electron chi connectivity index (χ1n) is 5.77. The Balaban J connectivity index is 2.38. The molecule has 0 aromatic heterocycles. The Morgan fingerprint density at radius 1 is 1.44 bits per heavy atom. The van der Waals surface area contributed by atoms with Crippen LogP contribution >= 0.6 is 0 Å². The zero-order valence-corrected chi connectivity index (χ0v) is 10.6. The molecule has 0 aliphatic carbocycles. The molecule has 1 rings (SSSR count). The second kappa shape index (κ2) is 6.96. The molecule has 100 valence electrons. The van der Waals surface area contributed by atoms with Gasteiger partial charge in [0.05, 0.1) is 13.2 Å². The molecule has 1 N–H and O–H groups in total. The molecule has 1 aromatic rings. The largest absolute Gasteiger partial charge is 0.491 e. The van der Waals surface area contributed by atoms with Crippen LogP contribution in [0, 0.1) is 5.82 Å². The maximum Gasteiger partial charge on any atom is 0.222 e. The van der Waals surface area contributed by atoms with Crippen LogP contribution in [0.3, 0.4) is 0 Å². The van der Waals surface area contributed by atoms with Crippen molar-refractivity contribution in [2.75, 3.05) is 20.7 Å². The van der Waals surface area contributed by atoms with Crippen LogP contribution in [-0.2, 0) is 11.4 Å². The van der Waals surface area contributed by atoms with Crippen molar-refractivity contribution in [3.63, 3.8) is 0 Å². The highest BCUT2D eigenvalue weighted by Gasteiger charge is 2.06. The average Bonchev–Trinajstić information content (AvgIpc) is 2.35. The fourth-order valence-corrected chi connectivity index (χ4v) is 1.39. The van der Waals surface area contributed by atoms with Crippen LogP contribution in [0.15, 0.2) is 18.2 Å². The van der Waals surface area contributed by atoms with Crippen molar-refractivity contribution in [1.29, 1.82) is 0 Å². The normalized spacial score (nSPS) is 10.2. The zero-order chi connectivity index (χ0) is 13.5. The zero-order valence-electron chi connectivity index (χ0n) is 10.6. The number of carbonyl (C=O) groups is 1. The van der Waals surface area contributed by atoms with Crippen molar-refractivity contribution in [3.05, 3.63) is 29.6 Å². The minimum absolute atomic E-state index is 0.0229. The molecule has 0 saturated carbocycles. The van der Waals surface area contributed by atoms with Crippen LogP contribution in [0.2, 0.25) is 0 Å². The summed E-state index contributed by atoms with van der Waals surface area (Å²) in [4.78, 5) is 12.8. The summed E-state index contributed by atoms with van der Waals surface area (Å²) < 4.78 is 18.7. The molecule has 0 heterocycles. The number of amides is 1. The highest BCUT2D eigenvalue weighted by atomic mass is 19.1. The molecule has 5 heteroatoms. The van der Waals surface area contributed by atoms with Gasteiger partial charge in [0.25, 0.3) is 0 Å². The van der Waals surface area contributed by atoms with E-state index in [4.69, 9.17) is 9.84 Å². The molecule has 0 unspecified atom stereocenters. The number of ether oxygens (including phenoxy) is 1. The van der Waals surface area contributed by atoms with Crippen molar-refractivity contribution in [1.82, 2.24) is 4.90 Å². The lowest BCUT2D eigenvalue weighted by atomic mass is 10.2. The third-order valence-corrected chi connectivity index (χ3v) is 2.47. The van der Waals surface area contributed by atoms with Crippen molar-refractivity contribution in [3.8, 4) is 5.75 Å². The minimum Gasteiger partial charge on any atom is -0.491 e. The lowest BCUT2D eigenvalue weighted by Crippen LogP contribution is -2.21. The van der Waals surface area contributed by atoms with E-state index in [1.165, 1.54) is 17.0 Å². The molecule has 0 aliphatic heterocycles. The Morgan fingerprint density at radius 3 is 2.72 bits per heavy atom. The molecule has 0 aliphatic rings. The van der Waals surface area contributed by atoms with E-state index in [-0.39, 0.29) is 24.9 Å². The Kier molecular flexibility index (Phi) is 5.58. The summed E-state index contributed by atoms with van der Waals surface area (Å²) in [6.45, 7) is 0.0868. The van der Waals surface area contributed by atoms with E-state index in [1.54, 1.807) is 20.2 Å². The number of nitrogens with zero attached hydrogens (tertiary/aromatic N) is 1. The number of aliphatic hydroxyl groups is 1. The van der Waals surface area contributed by atoms with Gasteiger partial charge in [-0.05, 0) is 24.1 Å². The van der Waals surface area contributed by atoms with E-state index in [2.05, 4.69) is 0 Å². The molecule has 0 saturated heterocycles. The molecule has 0 atom stereocenters. The predicted molar refractivity (Wildman–Crippen MR) is 65.7 cm³/mol. The third kappa shape index (κ3) is 4.33. The second-order valence-corrected chi connectivity index (χ2v) is 4.16. The second-order valence-electron chi connectivity index (χ2n) is 4.16. The van der Waals surface area contributed by atoms with Crippen LogP contribution in [0.5, 0.6) is 5.75 Å². The number of hydrogen-bond acceptors (Lipinski definition) is 3. The van der Waals surface area contributed by atoms with E-state index in [0.717, 1.165) is 0 Å². The van der Waals surface area contributed by atoms with Gasteiger partial charge in [-0.1, -0.05) is 6.07 Å². The van der Waals surface area contributed by atoms with Crippen LogP contribution in [-0.4, -0.2) is 36.6 Å². The average molecular weight is 255 g/mol. The standard InChI is InChI=1S/C13H18FNO3/c1-15(2)13(17)4-3-7-18-12-6-5-10(9-16)8-11(12)14/h5-6,8,16H,3-4,7,9H2,1-2H3. The Bertz CT molecular complexity index is 407. The lowest BCUT2D eigenvalue weighted by Gasteiger charge is -2.11. The summed E-state index contributed by atoms with van der Waals surface area (Å²) >= 11 is 0. The van der Waals surface area contributed by atoms with Crippen molar-refractivity contribution >= 4 is 5.91 Å². The first-order valence-corrected chi connectivity index (χ1v) is 5.77. The number of aliphatic hydroxyl groups excluding tert-OH is 1. The van der Waals surface area contributed by atoms with E-state index in [1.807, 2.05) is 0 Å². The Labute approximate surface area is 106 Å². The molecule has 0 fully saturated rings. The van der Waals surface area contributed by atoms with Crippen molar-refractivity contribution < 1.29 is 19.0 Å². The van der Waals surface area contributed by atoms with Crippen molar-refractivity contribution in [2.24, 2.45) is 0 Å². The van der Waals surface area contributed by atoms with Gasteiger partial charge in [0.1, 0.15) is 0 Å². The van der Waals surface area contributed by atoms with Gasteiger partial charge in [-0.3, -0.25) is 4.79 Å². The van der Waals surface area contributed by atoms with E-state index in [9.17, 15) is 9.18 Å². The molecule has 18 heavy (non-hydrogen) atoms. The van der Waals surface area contributed by atoms with Gasteiger partial charge < -0.3 is 14.7 Å². The quantitative estimate of drug-likeness (QED) is 0.785. The highest BCUT2D eigenvalue weighted by Crippen LogP contribution is 2.18. The van der Waals surface area contributed by atoms with Crippen LogP contribution < -0.4 is 4.74 Å². The summed E-state index contributed by atoms with van der Waals surface area (Å²) in [6, 6.07) is 4.32. The summed E-state index contributed by atoms with van der Waals surface area (Å²) in [5.41, 5.74) is 0.502. The van der Waals surface area contributed by atoms with Gasteiger partial charge in [0, 0.05) is 20.5 Å². The van der Waals surface area contributed by atoms with E-state index in [0.29, 0.717) is 18.4 Å². The highest BCUT2D eigenvalue weighted by molar-refractivity contribution is 5.75. The molecular weight excluding hydrogens is 237 g/mol. The van der Waals surface area contributed by atoms with E-state index < -0.39 is 5.82 Å². The maximum atomic E-state index is 13.4. The molecule has 1 amide bonds. The topological polar surface area (TPSA) is 49.8 Å². The molecule has 0 radical (unpaired) electrons. The predicted octanol–water partition coefficient (Wildman–Crippen LogP) is 1.57. The molecule has 4 nitrogen and oxygen atoms in total. The SMILES string of the molecule is CN(C)C(=O)CCCOc1ccc(CO)cc1F. The molecule has 1 aromatic carbocycles. The Morgan fingerprint density at radius 2 is 2.17 bits per heavy atom. The van der Waals surface area contributed by atoms with Gasteiger partial charge in [0.2, 0.25) is 5.91 Å². The smallest absolute Gasteiger partial charge is 0.222 e. The van der Waals surface area contributed by atoms with Gasteiger partial charge in [-0.15, -0.1) is 0 Å². The van der Waals surface area contributed by atoms with Crippen molar-refractivity contribution in [2.45, 2.75) is 19.4 Å². The third-order valence-electron chi connectivity index (χ3n) is 2.47. The maximum absolute atomic E-state index is 13.4. The first-order chi connectivity index (χ1) is 8.54. The fourth-order valence-electron chi connectivity index (χ4n) is 1.39. The monoisotopic (exact) mass is 255 g/mol. The number of carbonyl (C=O) groups excluding carboxylic acids is 1. The fraction of sp³-hybridized carbons (Fsp3) is 0.462. The lowest BCUT2D eigenvalue weighted by molar-refractivity contribution is -0.128. The van der Waals surface area contributed by atoms with Gasteiger partial charge in [-0.25, -0.2) is 4.39 Å². The van der Waals surface area contributed by atoms with Crippen LogP contribution in [0.25, 0.3) is 0 Å². The summed E-state index contributed by atoms with van der Waals surface area (Å²) in [7, 11) is 3.38. The summed E-state index contributed by atoms with van der Waals surface area (Å²) in [5, 5.41) is 8.83. The minimum atomic E-state index is -0.500. The summed E-state index contributed by atoms with van der Waals surface area (Å²) in [5.74, 6) is -0.334. The van der Waals surface area contributed by atoms with E-state index >= 15 is 0 Å². The number of hydrogen-bond donors (Lipinski definition) is 1.